The third-order valence-corrected chi connectivity index (χ3v) is 4.41. The van der Waals surface area contributed by atoms with Gasteiger partial charge in [-0.05, 0) is 32.8 Å². The normalized spacial score (nSPS) is 32.7. The van der Waals surface area contributed by atoms with E-state index in [0.29, 0.717) is 0 Å². The maximum atomic E-state index is 10.1. The van der Waals surface area contributed by atoms with Crippen molar-refractivity contribution < 1.29 is 9.84 Å². The first-order valence-electron chi connectivity index (χ1n) is 7.30. The highest BCUT2D eigenvalue weighted by atomic mass is 16.5. The summed E-state index contributed by atoms with van der Waals surface area (Å²) in [5.74, 6) is 0.968. The van der Waals surface area contributed by atoms with Gasteiger partial charge < -0.3 is 15.2 Å². The van der Waals surface area contributed by atoms with Crippen LogP contribution in [0.5, 0.6) is 5.75 Å². The molecular formula is C16H23NO2. The molecule has 0 saturated heterocycles. The molecule has 19 heavy (non-hydrogen) atoms. The van der Waals surface area contributed by atoms with Crippen molar-refractivity contribution >= 4 is 0 Å². The molecule has 3 atom stereocenters. The Balaban J connectivity index is 1.82. The van der Waals surface area contributed by atoms with Gasteiger partial charge in [0, 0.05) is 11.6 Å². The highest BCUT2D eigenvalue weighted by molar-refractivity contribution is 5.42. The van der Waals surface area contributed by atoms with E-state index >= 15 is 0 Å². The molecule has 1 aliphatic carbocycles. The van der Waals surface area contributed by atoms with Crippen LogP contribution in [0, 0.1) is 0 Å². The van der Waals surface area contributed by atoms with E-state index in [9.17, 15) is 5.11 Å². The number of nitrogens with one attached hydrogen (secondary N) is 1. The summed E-state index contributed by atoms with van der Waals surface area (Å²) in [6.07, 6.45) is 4.07. The molecule has 0 bridgehead atoms. The van der Waals surface area contributed by atoms with Crippen LogP contribution in [0.25, 0.3) is 0 Å². The van der Waals surface area contributed by atoms with Gasteiger partial charge in [0.25, 0.3) is 0 Å². The Kier molecular flexibility index (Phi) is 3.27. The standard InChI is InChI=1S/C16H23NO2/c1-16(2)15(11-7-3-6-10-14(11)19-16)17-12-8-4-5-9-13(12)18/h3,6-7,10,12-13,15,17-18H,4-5,8-9H2,1-2H3. The zero-order chi connectivity index (χ0) is 13.5. The molecule has 1 aromatic rings. The van der Waals surface area contributed by atoms with Gasteiger partial charge in [-0.2, -0.15) is 0 Å². The van der Waals surface area contributed by atoms with Crippen LogP contribution in [-0.2, 0) is 0 Å². The maximum absolute atomic E-state index is 10.1. The molecule has 1 aromatic carbocycles. The molecule has 1 fully saturated rings. The van der Waals surface area contributed by atoms with Crippen molar-refractivity contribution in [2.45, 2.75) is 63.3 Å². The fourth-order valence-electron chi connectivity index (χ4n) is 3.34. The van der Waals surface area contributed by atoms with Gasteiger partial charge in [-0.1, -0.05) is 31.0 Å². The Labute approximate surface area is 115 Å². The van der Waals surface area contributed by atoms with Crippen LogP contribution in [0.15, 0.2) is 24.3 Å². The molecule has 1 aliphatic heterocycles. The molecule has 3 rings (SSSR count). The minimum absolute atomic E-state index is 0.154. The predicted octanol–water partition coefficient (Wildman–Crippen LogP) is 2.79. The Morgan fingerprint density at radius 1 is 1.21 bits per heavy atom. The monoisotopic (exact) mass is 261 g/mol. The Morgan fingerprint density at radius 2 is 1.95 bits per heavy atom. The average Bonchev–Trinajstić information content (AvgIpc) is 2.63. The topological polar surface area (TPSA) is 41.5 Å². The minimum atomic E-state index is -0.263. The summed E-state index contributed by atoms with van der Waals surface area (Å²) in [4.78, 5) is 0. The van der Waals surface area contributed by atoms with Gasteiger partial charge in [0.05, 0.1) is 12.1 Å². The van der Waals surface area contributed by atoms with Gasteiger partial charge in [0.2, 0.25) is 0 Å². The Bertz CT molecular complexity index is 458. The summed E-state index contributed by atoms with van der Waals surface area (Å²) in [7, 11) is 0. The van der Waals surface area contributed by atoms with E-state index in [1.165, 1.54) is 12.0 Å². The van der Waals surface area contributed by atoms with Crippen molar-refractivity contribution in [1.29, 1.82) is 0 Å². The second kappa shape index (κ2) is 4.80. The van der Waals surface area contributed by atoms with Crippen molar-refractivity contribution in [2.24, 2.45) is 0 Å². The van der Waals surface area contributed by atoms with Gasteiger partial charge in [-0.25, -0.2) is 0 Å². The minimum Gasteiger partial charge on any atom is -0.486 e. The quantitative estimate of drug-likeness (QED) is 0.860. The second-order valence-electron chi connectivity index (χ2n) is 6.30. The molecule has 3 heteroatoms. The van der Waals surface area contributed by atoms with Gasteiger partial charge in [0.15, 0.2) is 0 Å². The summed E-state index contributed by atoms with van der Waals surface area (Å²) in [6.45, 7) is 4.22. The summed E-state index contributed by atoms with van der Waals surface area (Å²) in [6, 6.07) is 8.55. The summed E-state index contributed by atoms with van der Waals surface area (Å²) >= 11 is 0. The van der Waals surface area contributed by atoms with E-state index in [1.807, 2.05) is 12.1 Å². The van der Waals surface area contributed by atoms with Crippen molar-refractivity contribution in [1.82, 2.24) is 5.32 Å². The van der Waals surface area contributed by atoms with E-state index in [-0.39, 0.29) is 23.8 Å². The van der Waals surface area contributed by atoms with Crippen molar-refractivity contribution in [2.75, 3.05) is 0 Å². The van der Waals surface area contributed by atoms with E-state index < -0.39 is 0 Å². The molecular weight excluding hydrogens is 238 g/mol. The van der Waals surface area contributed by atoms with E-state index in [0.717, 1.165) is 25.0 Å². The number of para-hydroxylation sites is 1. The highest BCUT2D eigenvalue weighted by Gasteiger charge is 2.42. The number of rotatable bonds is 2. The number of aliphatic hydroxyl groups is 1. The zero-order valence-electron chi connectivity index (χ0n) is 11.7. The smallest absolute Gasteiger partial charge is 0.125 e. The van der Waals surface area contributed by atoms with Crippen LogP contribution in [-0.4, -0.2) is 22.9 Å². The average molecular weight is 261 g/mol. The summed E-state index contributed by atoms with van der Waals surface area (Å²) in [5.41, 5.74) is 0.950. The number of ether oxygens (including phenoxy) is 1. The molecule has 1 saturated carbocycles. The molecule has 1 heterocycles. The van der Waals surface area contributed by atoms with Crippen molar-refractivity contribution in [3.05, 3.63) is 29.8 Å². The summed E-state index contributed by atoms with van der Waals surface area (Å²) < 4.78 is 6.04. The lowest BCUT2D eigenvalue weighted by Crippen LogP contribution is -2.49. The van der Waals surface area contributed by atoms with Crippen LogP contribution < -0.4 is 10.1 Å². The highest BCUT2D eigenvalue weighted by Crippen LogP contribution is 2.43. The van der Waals surface area contributed by atoms with Gasteiger partial charge in [-0.15, -0.1) is 0 Å². The number of fused-ring (bicyclic) bond motifs is 1. The molecule has 0 radical (unpaired) electrons. The fraction of sp³-hybridized carbons (Fsp3) is 0.625. The number of benzene rings is 1. The molecule has 0 aromatic heterocycles. The predicted molar refractivity (Wildman–Crippen MR) is 75.3 cm³/mol. The van der Waals surface area contributed by atoms with Gasteiger partial charge in [0.1, 0.15) is 11.4 Å². The SMILES string of the molecule is CC1(C)Oc2ccccc2C1NC1CCCCC1O. The third kappa shape index (κ3) is 2.37. The first-order chi connectivity index (χ1) is 9.08. The molecule has 0 spiro atoms. The number of aliphatic hydroxyl groups excluding tert-OH is 1. The van der Waals surface area contributed by atoms with Crippen molar-refractivity contribution in [3.8, 4) is 5.75 Å². The number of hydrogen-bond donors (Lipinski definition) is 2. The molecule has 0 amide bonds. The Morgan fingerprint density at radius 3 is 2.74 bits per heavy atom. The fourth-order valence-corrected chi connectivity index (χ4v) is 3.34. The van der Waals surface area contributed by atoms with Crippen molar-refractivity contribution in [3.63, 3.8) is 0 Å². The van der Waals surface area contributed by atoms with Crippen LogP contribution in [0.2, 0.25) is 0 Å². The first-order valence-corrected chi connectivity index (χ1v) is 7.30. The second-order valence-corrected chi connectivity index (χ2v) is 6.30. The largest absolute Gasteiger partial charge is 0.486 e. The lowest BCUT2D eigenvalue weighted by Gasteiger charge is -2.35. The molecule has 3 nitrogen and oxygen atoms in total. The molecule has 2 aliphatic rings. The van der Waals surface area contributed by atoms with Gasteiger partial charge >= 0.3 is 0 Å². The van der Waals surface area contributed by atoms with E-state index in [1.54, 1.807) is 0 Å². The Hall–Kier alpha value is -1.06. The van der Waals surface area contributed by atoms with Gasteiger partial charge in [-0.3, -0.25) is 0 Å². The van der Waals surface area contributed by atoms with Crippen LogP contribution in [0.3, 0.4) is 0 Å². The van der Waals surface area contributed by atoms with Crippen LogP contribution in [0.4, 0.5) is 0 Å². The van der Waals surface area contributed by atoms with E-state index in [4.69, 9.17) is 4.74 Å². The van der Waals surface area contributed by atoms with Crippen LogP contribution in [0.1, 0.15) is 51.1 Å². The first kappa shape index (κ1) is 12.9. The maximum Gasteiger partial charge on any atom is 0.125 e. The third-order valence-electron chi connectivity index (χ3n) is 4.41. The van der Waals surface area contributed by atoms with E-state index in [2.05, 4.69) is 31.3 Å². The zero-order valence-corrected chi connectivity index (χ0v) is 11.7. The molecule has 104 valence electrons. The number of hydrogen-bond acceptors (Lipinski definition) is 3. The lowest BCUT2D eigenvalue weighted by atomic mass is 9.88. The molecule has 2 N–H and O–H groups in total. The van der Waals surface area contributed by atoms with Crippen LogP contribution >= 0.6 is 0 Å². The molecule has 3 unspecified atom stereocenters. The summed E-state index contributed by atoms with van der Waals surface area (Å²) in [5, 5.41) is 13.8. The lowest BCUT2D eigenvalue weighted by molar-refractivity contribution is 0.0494.